The topological polar surface area (TPSA) is 84.5 Å². The van der Waals surface area contributed by atoms with Crippen molar-refractivity contribution >= 4 is 17.6 Å². The second-order valence-corrected chi connectivity index (χ2v) is 6.96. The number of benzene rings is 2. The largest absolute Gasteiger partial charge is 0.494 e. The van der Waals surface area contributed by atoms with E-state index in [1.807, 2.05) is 38.1 Å². The van der Waals surface area contributed by atoms with Gasteiger partial charge < -0.3 is 9.47 Å². The van der Waals surface area contributed by atoms with Crippen LogP contribution in [0, 0.1) is 6.92 Å². The van der Waals surface area contributed by atoms with Gasteiger partial charge in [0.05, 0.1) is 24.8 Å². The van der Waals surface area contributed by atoms with Crippen molar-refractivity contribution in [3.8, 4) is 5.75 Å². The SMILES string of the molecule is CCOC(=O)c1ccc(N2C(=O)c3n[nH]c(C)c3[C@@H]2c2ccc(OCC)cc2)cc1. The molecule has 30 heavy (non-hydrogen) atoms. The van der Waals surface area contributed by atoms with Crippen LogP contribution in [0.15, 0.2) is 48.5 Å². The molecule has 0 fully saturated rings. The summed E-state index contributed by atoms with van der Waals surface area (Å²) in [5.41, 5.74) is 4.20. The van der Waals surface area contributed by atoms with Gasteiger partial charge >= 0.3 is 5.97 Å². The highest BCUT2D eigenvalue weighted by Gasteiger charge is 2.42. The smallest absolute Gasteiger partial charge is 0.338 e. The molecule has 4 rings (SSSR count). The van der Waals surface area contributed by atoms with E-state index in [1.54, 1.807) is 36.1 Å². The number of carbonyl (C=O) groups excluding carboxylic acids is 2. The Morgan fingerprint density at radius 2 is 1.77 bits per heavy atom. The molecule has 0 aliphatic carbocycles. The van der Waals surface area contributed by atoms with E-state index in [1.165, 1.54) is 0 Å². The second kappa shape index (κ2) is 8.02. The Morgan fingerprint density at radius 1 is 1.07 bits per heavy atom. The van der Waals surface area contributed by atoms with Crippen LogP contribution < -0.4 is 9.64 Å². The molecule has 0 unspecified atom stereocenters. The van der Waals surface area contributed by atoms with Crippen LogP contribution in [0.5, 0.6) is 5.75 Å². The highest BCUT2D eigenvalue weighted by molar-refractivity contribution is 6.10. The molecule has 1 aliphatic heterocycles. The second-order valence-electron chi connectivity index (χ2n) is 6.96. The van der Waals surface area contributed by atoms with Gasteiger partial charge in [0.2, 0.25) is 0 Å². The Hall–Kier alpha value is -3.61. The number of nitrogens with zero attached hydrogens (tertiary/aromatic N) is 2. The third kappa shape index (κ3) is 3.32. The van der Waals surface area contributed by atoms with Crippen LogP contribution in [0.3, 0.4) is 0 Å². The van der Waals surface area contributed by atoms with Crippen molar-refractivity contribution in [1.29, 1.82) is 0 Å². The number of hydrogen-bond donors (Lipinski definition) is 1. The number of aromatic amines is 1. The van der Waals surface area contributed by atoms with Crippen LogP contribution in [-0.4, -0.2) is 35.3 Å². The molecule has 7 heteroatoms. The Morgan fingerprint density at radius 3 is 2.40 bits per heavy atom. The van der Waals surface area contributed by atoms with E-state index in [2.05, 4.69) is 10.2 Å². The fourth-order valence-corrected chi connectivity index (χ4v) is 3.76. The van der Waals surface area contributed by atoms with Gasteiger partial charge in [0.25, 0.3) is 5.91 Å². The zero-order chi connectivity index (χ0) is 21.3. The van der Waals surface area contributed by atoms with Crippen LogP contribution in [0.2, 0.25) is 0 Å². The normalized spacial score (nSPS) is 15.2. The lowest BCUT2D eigenvalue weighted by atomic mass is 9.98. The van der Waals surface area contributed by atoms with Crippen molar-refractivity contribution in [3.63, 3.8) is 0 Å². The summed E-state index contributed by atoms with van der Waals surface area (Å²) in [4.78, 5) is 26.9. The zero-order valence-electron chi connectivity index (χ0n) is 17.1. The summed E-state index contributed by atoms with van der Waals surface area (Å²) in [5.74, 6) is 0.209. The number of H-pyrrole nitrogens is 1. The molecule has 0 radical (unpaired) electrons. The fourth-order valence-electron chi connectivity index (χ4n) is 3.76. The maximum Gasteiger partial charge on any atom is 0.338 e. The van der Waals surface area contributed by atoms with Gasteiger partial charge in [0.1, 0.15) is 5.75 Å². The predicted molar refractivity (Wildman–Crippen MR) is 112 cm³/mol. The summed E-state index contributed by atoms with van der Waals surface area (Å²) in [5, 5.41) is 7.16. The van der Waals surface area contributed by atoms with Crippen LogP contribution in [0.1, 0.15) is 57.6 Å². The maximum atomic E-state index is 13.2. The van der Waals surface area contributed by atoms with E-state index >= 15 is 0 Å². The maximum absolute atomic E-state index is 13.2. The van der Waals surface area contributed by atoms with Crippen LogP contribution in [0.25, 0.3) is 0 Å². The molecule has 154 valence electrons. The molecule has 0 spiro atoms. The molecule has 1 aliphatic rings. The minimum Gasteiger partial charge on any atom is -0.494 e. The number of aryl methyl sites for hydroxylation is 1. The first kappa shape index (κ1) is 19.7. The highest BCUT2D eigenvalue weighted by Crippen LogP contribution is 2.42. The summed E-state index contributed by atoms with van der Waals surface area (Å²) in [6.07, 6.45) is 0. The van der Waals surface area contributed by atoms with E-state index in [-0.39, 0.29) is 17.9 Å². The zero-order valence-corrected chi connectivity index (χ0v) is 17.1. The molecule has 0 saturated heterocycles. The first-order chi connectivity index (χ1) is 14.5. The quantitative estimate of drug-likeness (QED) is 0.626. The molecule has 1 amide bonds. The Balaban J connectivity index is 1.74. The summed E-state index contributed by atoms with van der Waals surface area (Å²) in [6.45, 7) is 6.51. The molecule has 1 atom stereocenters. The number of anilines is 1. The van der Waals surface area contributed by atoms with Crippen molar-refractivity contribution in [2.75, 3.05) is 18.1 Å². The van der Waals surface area contributed by atoms with Crippen molar-refractivity contribution in [3.05, 3.63) is 76.6 Å². The number of aromatic nitrogens is 2. The van der Waals surface area contributed by atoms with Gasteiger partial charge in [-0.3, -0.25) is 14.8 Å². The van der Waals surface area contributed by atoms with Gasteiger partial charge in [-0.1, -0.05) is 12.1 Å². The lowest BCUT2D eigenvalue weighted by Gasteiger charge is -2.26. The average Bonchev–Trinajstić information content (AvgIpc) is 3.27. The van der Waals surface area contributed by atoms with Crippen molar-refractivity contribution < 1.29 is 19.1 Å². The fraction of sp³-hybridized carbons (Fsp3) is 0.261. The van der Waals surface area contributed by atoms with Gasteiger partial charge in [-0.2, -0.15) is 5.10 Å². The van der Waals surface area contributed by atoms with Crippen LogP contribution in [-0.2, 0) is 4.74 Å². The number of amides is 1. The summed E-state index contributed by atoms with van der Waals surface area (Å²) >= 11 is 0. The number of carbonyl (C=O) groups is 2. The lowest BCUT2D eigenvalue weighted by molar-refractivity contribution is 0.0526. The molecular formula is C23H23N3O4. The molecule has 0 bridgehead atoms. The van der Waals surface area contributed by atoms with Gasteiger partial charge in [0.15, 0.2) is 5.69 Å². The van der Waals surface area contributed by atoms with E-state index in [4.69, 9.17) is 9.47 Å². The Bertz CT molecular complexity index is 1070. The minimum absolute atomic E-state index is 0.183. The first-order valence-electron chi connectivity index (χ1n) is 9.93. The summed E-state index contributed by atoms with van der Waals surface area (Å²) in [7, 11) is 0. The lowest BCUT2D eigenvalue weighted by Crippen LogP contribution is -2.29. The van der Waals surface area contributed by atoms with Gasteiger partial charge in [-0.15, -0.1) is 0 Å². The molecule has 1 N–H and O–H groups in total. The third-order valence-electron chi connectivity index (χ3n) is 5.11. The van der Waals surface area contributed by atoms with Gasteiger partial charge in [-0.05, 0) is 62.7 Å². The first-order valence-corrected chi connectivity index (χ1v) is 9.93. The molecule has 2 aromatic carbocycles. The molecule has 7 nitrogen and oxygen atoms in total. The van der Waals surface area contributed by atoms with E-state index in [0.29, 0.717) is 30.2 Å². The van der Waals surface area contributed by atoms with Crippen LogP contribution >= 0.6 is 0 Å². The number of ether oxygens (including phenoxy) is 2. The van der Waals surface area contributed by atoms with Gasteiger partial charge in [0, 0.05) is 16.9 Å². The number of fused-ring (bicyclic) bond motifs is 1. The molecule has 3 aromatic rings. The molecular weight excluding hydrogens is 382 g/mol. The Labute approximate surface area is 174 Å². The van der Waals surface area contributed by atoms with E-state index in [0.717, 1.165) is 22.6 Å². The summed E-state index contributed by atoms with van der Waals surface area (Å²) in [6, 6.07) is 14.3. The Kier molecular flexibility index (Phi) is 5.27. The van der Waals surface area contributed by atoms with Crippen molar-refractivity contribution in [2.24, 2.45) is 0 Å². The number of rotatable bonds is 6. The number of nitrogens with one attached hydrogen (secondary N) is 1. The minimum atomic E-state index is -0.385. The average molecular weight is 405 g/mol. The van der Waals surface area contributed by atoms with Crippen LogP contribution in [0.4, 0.5) is 5.69 Å². The van der Waals surface area contributed by atoms with Crippen molar-refractivity contribution in [1.82, 2.24) is 10.2 Å². The van der Waals surface area contributed by atoms with E-state index < -0.39 is 0 Å². The molecule has 1 aromatic heterocycles. The number of esters is 1. The molecule has 0 saturated carbocycles. The monoisotopic (exact) mass is 405 g/mol. The standard InChI is InChI=1S/C23H23N3O4/c1-4-29-18-12-8-15(9-13-18)21-19-14(3)24-25-20(19)22(27)26(21)17-10-6-16(7-11-17)23(28)30-5-2/h6-13,21H,4-5H2,1-3H3,(H,24,25)/t21-/m0/s1. The predicted octanol–water partition coefficient (Wildman–Crippen LogP) is 4.04. The third-order valence-corrected chi connectivity index (χ3v) is 5.11. The summed E-state index contributed by atoms with van der Waals surface area (Å²) < 4.78 is 10.6. The highest BCUT2D eigenvalue weighted by atomic mass is 16.5. The van der Waals surface area contributed by atoms with E-state index in [9.17, 15) is 9.59 Å². The van der Waals surface area contributed by atoms with Gasteiger partial charge in [-0.25, -0.2) is 4.79 Å². The number of hydrogen-bond acceptors (Lipinski definition) is 5. The molecule has 2 heterocycles. The van der Waals surface area contributed by atoms with Crippen molar-refractivity contribution in [2.45, 2.75) is 26.8 Å².